The minimum atomic E-state index is -0.260. The van der Waals surface area contributed by atoms with E-state index in [0.29, 0.717) is 19.3 Å². The normalized spacial score (nSPS) is 23.0. The molecule has 2 unspecified atom stereocenters. The zero-order valence-electron chi connectivity index (χ0n) is 11.1. The molecule has 0 aliphatic heterocycles. The molecule has 1 fully saturated rings. The number of carbonyl (C=O) groups is 1. The van der Waals surface area contributed by atoms with Crippen molar-refractivity contribution in [1.29, 1.82) is 0 Å². The summed E-state index contributed by atoms with van der Waals surface area (Å²) in [4.78, 5) is 11.9. The number of hydrogen-bond acceptors (Lipinski definition) is 3. The van der Waals surface area contributed by atoms with E-state index in [-0.39, 0.29) is 18.1 Å². The molecule has 0 heterocycles. The molecule has 0 saturated heterocycles. The van der Waals surface area contributed by atoms with E-state index in [1.54, 1.807) is 0 Å². The number of nitrogens with two attached hydrogens (primary N) is 1. The summed E-state index contributed by atoms with van der Waals surface area (Å²) in [7, 11) is 0. The van der Waals surface area contributed by atoms with Gasteiger partial charge in [-0.2, -0.15) is 0 Å². The number of aliphatic hydroxyl groups is 1. The van der Waals surface area contributed by atoms with Crippen LogP contribution in [-0.2, 0) is 11.2 Å². The Morgan fingerprint density at radius 1 is 1.37 bits per heavy atom. The zero-order chi connectivity index (χ0) is 13.7. The summed E-state index contributed by atoms with van der Waals surface area (Å²) in [6.07, 6.45) is 4.33. The summed E-state index contributed by atoms with van der Waals surface area (Å²) in [5.74, 6) is 0.0438. The van der Waals surface area contributed by atoms with Gasteiger partial charge in [0.05, 0.1) is 6.10 Å². The van der Waals surface area contributed by atoms with Crippen molar-refractivity contribution < 1.29 is 9.90 Å². The molecule has 1 aliphatic rings. The molecule has 0 aromatic heterocycles. The number of amides is 1. The predicted molar refractivity (Wildman–Crippen MR) is 75.6 cm³/mol. The minimum Gasteiger partial charge on any atom is -0.399 e. The van der Waals surface area contributed by atoms with Crippen molar-refractivity contribution in [2.45, 2.75) is 50.7 Å². The Bertz CT molecular complexity index is 434. The van der Waals surface area contributed by atoms with Gasteiger partial charge in [0.1, 0.15) is 0 Å². The Kier molecular flexibility index (Phi) is 4.80. The zero-order valence-corrected chi connectivity index (χ0v) is 11.1. The second-order valence-corrected chi connectivity index (χ2v) is 5.28. The third-order valence-corrected chi connectivity index (χ3v) is 3.69. The number of carbonyl (C=O) groups excluding carboxylic acids is 1. The maximum Gasteiger partial charge on any atom is 0.220 e. The maximum atomic E-state index is 11.9. The van der Waals surface area contributed by atoms with E-state index in [1.165, 1.54) is 0 Å². The van der Waals surface area contributed by atoms with Gasteiger partial charge in [-0.3, -0.25) is 4.79 Å². The Hall–Kier alpha value is -1.55. The van der Waals surface area contributed by atoms with Gasteiger partial charge in [0.25, 0.3) is 0 Å². The molecule has 1 aliphatic carbocycles. The van der Waals surface area contributed by atoms with Crippen molar-refractivity contribution >= 4 is 11.6 Å². The average molecular weight is 262 g/mol. The molecule has 1 aromatic carbocycles. The second kappa shape index (κ2) is 6.57. The molecular formula is C15H22N2O2. The topological polar surface area (TPSA) is 75.4 Å². The summed E-state index contributed by atoms with van der Waals surface area (Å²) < 4.78 is 0. The highest BCUT2D eigenvalue weighted by Crippen LogP contribution is 2.18. The van der Waals surface area contributed by atoms with Gasteiger partial charge in [-0.1, -0.05) is 18.2 Å². The molecule has 0 radical (unpaired) electrons. The van der Waals surface area contributed by atoms with Crippen LogP contribution >= 0.6 is 0 Å². The molecule has 1 saturated carbocycles. The summed E-state index contributed by atoms with van der Waals surface area (Å²) >= 11 is 0. The number of aliphatic hydroxyl groups excluding tert-OH is 1. The van der Waals surface area contributed by atoms with Crippen molar-refractivity contribution in [2.24, 2.45) is 0 Å². The lowest BCUT2D eigenvalue weighted by atomic mass is 9.93. The van der Waals surface area contributed by atoms with Crippen molar-refractivity contribution in [3.63, 3.8) is 0 Å². The average Bonchev–Trinajstić information content (AvgIpc) is 2.38. The number of hydrogen-bond donors (Lipinski definition) is 3. The third kappa shape index (κ3) is 4.24. The first-order valence-corrected chi connectivity index (χ1v) is 6.96. The SMILES string of the molecule is Nc1ccccc1CCC(=O)NC1CCCC(O)C1. The molecule has 2 atom stereocenters. The lowest BCUT2D eigenvalue weighted by molar-refractivity contribution is -0.122. The van der Waals surface area contributed by atoms with E-state index in [9.17, 15) is 9.90 Å². The van der Waals surface area contributed by atoms with Crippen LogP contribution in [0.4, 0.5) is 5.69 Å². The summed E-state index contributed by atoms with van der Waals surface area (Å²) in [6, 6.07) is 7.76. The van der Waals surface area contributed by atoms with Crippen LogP contribution in [0.15, 0.2) is 24.3 Å². The molecule has 4 nitrogen and oxygen atoms in total. The molecule has 1 amide bonds. The molecule has 0 bridgehead atoms. The number of aryl methyl sites for hydroxylation is 1. The van der Waals surface area contributed by atoms with E-state index in [1.807, 2.05) is 24.3 Å². The van der Waals surface area contributed by atoms with Gasteiger partial charge in [0, 0.05) is 18.2 Å². The number of anilines is 1. The van der Waals surface area contributed by atoms with Crippen LogP contribution < -0.4 is 11.1 Å². The van der Waals surface area contributed by atoms with Crippen LogP contribution in [0.25, 0.3) is 0 Å². The number of benzene rings is 1. The Balaban J connectivity index is 1.77. The number of nitrogens with one attached hydrogen (secondary N) is 1. The van der Waals surface area contributed by atoms with Crippen LogP contribution in [0.5, 0.6) is 0 Å². The number of rotatable bonds is 4. The molecule has 19 heavy (non-hydrogen) atoms. The highest BCUT2D eigenvalue weighted by molar-refractivity contribution is 5.76. The van der Waals surface area contributed by atoms with Gasteiger partial charge in [0.2, 0.25) is 5.91 Å². The molecule has 4 N–H and O–H groups in total. The fourth-order valence-corrected chi connectivity index (χ4v) is 2.61. The van der Waals surface area contributed by atoms with Gasteiger partial charge in [-0.15, -0.1) is 0 Å². The van der Waals surface area contributed by atoms with E-state index >= 15 is 0 Å². The molecule has 4 heteroatoms. The quantitative estimate of drug-likeness (QED) is 0.722. The van der Waals surface area contributed by atoms with Gasteiger partial charge in [-0.05, 0) is 43.7 Å². The third-order valence-electron chi connectivity index (χ3n) is 3.69. The van der Waals surface area contributed by atoms with Crippen molar-refractivity contribution in [1.82, 2.24) is 5.32 Å². The molecule has 0 spiro atoms. The van der Waals surface area contributed by atoms with Crippen molar-refractivity contribution in [3.05, 3.63) is 29.8 Å². The van der Waals surface area contributed by atoms with Crippen LogP contribution in [0.2, 0.25) is 0 Å². The fraction of sp³-hybridized carbons (Fsp3) is 0.533. The van der Waals surface area contributed by atoms with E-state index < -0.39 is 0 Å². The highest BCUT2D eigenvalue weighted by Gasteiger charge is 2.21. The Morgan fingerprint density at radius 3 is 2.89 bits per heavy atom. The number of nitrogen functional groups attached to an aromatic ring is 1. The standard InChI is InChI=1S/C15H22N2O2/c16-14-7-2-1-4-11(14)8-9-15(19)17-12-5-3-6-13(18)10-12/h1-2,4,7,12-13,18H,3,5-6,8-10,16H2,(H,17,19). The first kappa shape index (κ1) is 13.9. The van der Waals surface area contributed by atoms with Gasteiger partial charge >= 0.3 is 0 Å². The van der Waals surface area contributed by atoms with Crippen LogP contribution in [0.3, 0.4) is 0 Å². The largest absolute Gasteiger partial charge is 0.399 e. The highest BCUT2D eigenvalue weighted by atomic mass is 16.3. The second-order valence-electron chi connectivity index (χ2n) is 5.28. The van der Waals surface area contributed by atoms with Gasteiger partial charge in [-0.25, -0.2) is 0 Å². The Labute approximate surface area is 114 Å². The molecule has 104 valence electrons. The predicted octanol–water partition coefficient (Wildman–Crippen LogP) is 1.62. The maximum absolute atomic E-state index is 11.9. The monoisotopic (exact) mass is 262 g/mol. The Morgan fingerprint density at radius 2 is 2.16 bits per heavy atom. The van der Waals surface area contributed by atoms with Crippen LogP contribution in [-0.4, -0.2) is 23.2 Å². The minimum absolute atomic E-state index is 0.0438. The van der Waals surface area contributed by atoms with Gasteiger partial charge in [0.15, 0.2) is 0 Å². The first-order chi connectivity index (χ1) is 9.15. The summed E-state index contributed by atoms with van der Waals surface area (Å²) in [5.41, 5.74) is 7.60. The van der Waals surface area contributed by atoms with Gasteiger partial charge < -0.3 is 16.2 Å². The molecular weight excluding hydrogens is 240 g/mol. The van der Waals surface area contributed by atoms with Crippen LogP contribution in [0.1, 0.15) is 37.7 Å². The lowest BCUT2D eigenvalue weighted by Crippen LogP contribution is -2.39. The van der Waals surface area contributed by atoms with E-state index in [2.05, 4.69) is 5.32 Å². The molecule has 1 aromatic rings. The van der Waals surface area contributed by atoms with Crippen molar-refractivity contribution in [2.75, 3.05) is 5.73 Å². The van der Waals surface area contributed by atoms with E-state index in [0.717, 1.165) is 30.5 Å². The summed E-state index contributed by atoms with van der Waals surface area (Å²) in [5, 5.41) is 12.6. The first-order valence-electron chi connectivity index (χ1n) is 6.96. The smallest absolute Gasteiger partial charge is 0.220 e. The fourth-order valence-electron chi connectivity index (χ4n) is 2.61. The lowest BCUT2D eigenvalue weighted by Gasteiger charge is -2.26. The van der Waals surface area contributed by atoms with Crippen LogP contribution in [0, 0.1) is 0 Å². The van der Waals surface area contributed by atoms with E-state index in [4.69, 9.17) is 5.73 Å². The van der Waals surface area contributed by atoms with Crippen molar-refractivity contribution in [3.8, 4) is 0 Å². The summed E-state index contributed by atoms with van der Waals surface area (Å²) in [6.45, 7) is 0. The number of para-hydroxylation sites is 1. The molecule has 2 rings (SSSR count).